The fourth-order valence-corrected chi connectivity index (χ4v) is 6.09. The quantitative estimate of drug-likeness (QED) is 0.470. The van der Waals surface area contributed by atoms with Gasteiger partial charge in [0.25, 0.3) is 0 Å². The average molecular weight is 348 g/mol. The normalized spacial score (nSPS) is 12.2. The van der Waals surface area contributed by atoms with Gasteiger partial charge >= 0.3 is 5.97 Å². The van der Waals surface area contributed by atoms with Gasteiger partial charge in [-0.05, 0) is 6.92 Å². The molecule has 20 heavy (non-hydrogen) atoms. The van der Waals surface area contributed by atoms with E-state index >= 15 is 0 Å². The molecule has 0 spiro atoms. The minimum atomic E-state index is -1.26. The van der Waals surface area contributed by atoms with Crippen molar-refractivity contribution < 1.29 is 9.53 Å². The fraction of sp³-hybridized carbons (Fsp3) is 0.188. The van der Waals surface area contributed by atoms with Crippen molar-refractivity contribution in [1.82, 2.24) is 0 Å². The molecule has 2 nitrogen and oxygen atoms in total. The van der Waals surface area contributed by atoms with Crippen LogP contribution in [0.3, 0.4) is 0 Å². The van der Waals surface area contributed by atoms with Crippen molar-refractivity contribution in [2.24, 2.45) is 0 Å². The highest BCUT2D eigenvalue weighted by Crippen LogP contribution is 2.09. The zero-order valence-electron chi connectivity index (χ0n) is 11.3. The Hall–Kier alpha value is -1.39. The van der Waals surface area contributed by atoms with Crippen molar-refractivity contribution in [3.05, 3.63) is 60.7 Å². The van der Waals surface area contributed by atoms with Crippen LogP contribution in [0, 0.1) is 0 Å². The van der Waals surface area contributed by atoms with Crippen molar-refractivity contribution in [1.29, 1.82) is 0 Å². The summed E-state index contributed by atoms with van der Waals surface area (Å²) in [5.74, 6) is -0.186. The highest BCUT2D eigenvalue weighted by molar-refractivity contribution is 9.10. The lowest BCUT2D eigenvalue weighted by Crippen LogP contribution is -2.52. The molecule has 1 radical (unpaired) electrons. The smallest absolute Gasteiger partial charge is 0.317 e. The summed E-state index contributed by atoms with van der Waals surface area (Å²) < 4.78 is 4.87. The van der Waals surface area contributed by atoms with Gasteiger partial charge in [0.1, 0.15) is 13.2 Å². The maximum Gasteiger partial charge on any atom is 0.317 e. The largest absolute Gasteiger partial charge is 0.465 e. The Bertz CT molecular complexity index is 505. The summed E-state index contributed by atoms with van der Waals surface area (Å²) in [5, 5.41) is 2.39. The molecule has 0 aliphatic heterocycles. The molecule has 2 aromatic carbocycles. The van der Waals surface area contributed by atoms with Crippen LogP contribution < -0.4 is 10.4 Å². The number of hydrogen-bond donors (Lipinski definition) is 0. The molecule has 0 N–H and O–H groups in total. The van der Waals surface area contributed by atoms with Crippen molar-refractivity contribution >= 4 is 41.1 Å². The number of carbonyl (C=O) groups excluding carboxylic acids is 1. The van der Waals surface area contributed by atoms with Gasteiger partial charge in [-0.1, -0.05) is 87.0 Å². The van der Waals surface area contributed by atoms with Crippen LogP contribution in [-0.4, -0.2) is 25.8 Å². The van der Waals surface area contributed by atoms with Crippen molar-refractivity contribution in [3.63, 3.8) is 0 Å². The molecule has 0 amide bonds. The molecular formula is C16H16BrO2Si. The number of benzene rings is 2. The Morgan fingerprint density at radius 1 is 1.05 bits per heavy atom. The van der Waals surface area contributed by atoms with Gasteiger partial charge in [0.05, 0.1) is 6.61 Å². The first-order valence-electron chi connectivity index (χ1n) is 6.52. The monoisotopic (exact) mass is 347 g/mol. The predicted octanol–water partition coefficient (Wildman–Crippen LogP) is 2.16. The van der Waals surface area contributed by atoms with Gasteiger partial charge in [0.15, 0.2) is 0 Å². The molecule has 0 saturated heterocycles. The van der Waals surface area contributed by atoms with Gasteiger partial charge in [-0.15, -0.1) is 0 Å². The van der Waals surface area contributed by atoms with Crippen LogP contribution in [0.5, 0.6) is 0 Å². The van der Waals surface area contributed by atoms with Crippen LogP contribution in [0.2, 0.25) is 0 Å². The minimum absolute atomic E-state index is 0.186. The van der Waals surface area contributed by atoms with E-state index in [1.165, 1.54) is 10.4 Å². The topological polar surface area (TPSA) is 26.3 Å². The number of hydrogen-bond acceptors (Lipinski definition) is 2. The molecule has 0 saturated carbocycles. The van der Waals surface area contributed by atoms with Crippen LogP contribution in [0.25, 0.3) is 0 Å². The Balaban J connectivity index is 2.37. The van der Waals surface area contributed by atoms with Crippen molar-refractivity contribution in [3.8, 4) is 0 Å². The SMILES string of the molecule is CCOC(=O)C(Br)[Si](c1ccccc1)c1ccccc1. The van der Waals surface area contributed by atoms with Gasteiger partial charge in [-0.25, -0.2) is 0 Å². The van der Waals surface area contributed by atoms with E-state index < -0.39 is 8.80 Å². The number of alkyl halides is 1. The predicted molar refractivity (Wildman–Crippen MR) is 87.3 cm³/mol. The third-order valence-corrected chi connectivity index (χ3v) is 7.32. The van der Waals surface area contributed by atoms with E-state index in [9.17, 15) is 4.79 Å². The van der Waals surface area contributed by atoms with Gasteiger partial charge < -0.3 is 4.74 Å². The summed E-state index contributed by atoms with van der Waals surface area (Å²) in [5.41, 5.74) is 0. The number of ether oxygens (including phenoxy) is 1. The van der Waals surface area contributed by atoms with Crippen LogP contribution in [0.4, 0.5) is 0 Å². The molecule has 0 fully saturated rings. The molecule has 0 aromatic heterocycles. The van der Waals surface area contributed by atoms with Gasteiger partial charge in [0, 0.05) is 0 Å². The Labute approximate surface area is 129 Å². The Morgan fingerprint density at radius 2 is 1.50 bits per heavy atom. The lowest BCUT2D eigenvalue weighted by atomic mass is 10.4. The average Bonchev–Trinajstić information content (AvgIpc) is 2.50. The molecule has 1 atom stereocenters. The summed E-state index contributed by atoms with van der Waals surface area (Å²) in [7, 11) is -1.26. The van der Waals surface area contributed by atoms with E-state index in [1.807, 2.05) is 43.3 Å². The summed E-state index contributed by atoms with van der Waals surface area (Å²) in [4.78, 5) is 12.1. The van der Waals surface area contributed by atoms with Gasteiger partial charge in [-0.2, -0.15) is 0 Å². The Kier molecular flexibility index (Phi) is 5.56. The van der Waals surface area contributed by atoms with Crippen LogP contribution >= 0.6 is 15.9 Å². The molecule has 103 valence electrons. The van der Waals surface area contributed by atoms with Crippen LogP contribution in [0.1, 0.15) is 6.92 Å². The molecule has 0 heterocycles. The van der Waals surface area contributed by atoms with Crippen LogP contribution in [0.15, 0.2) is 60.7 Å². The lowest BCUT2D eigenvalue weighted by molar-refractivity contribution is -0.140. The number of carbonyl (C=O) groups is 1. The number of esters is 1. The maximum absolute atomic E-state index is 12.1. The molecule has 4 heteroatoms. The second-order valence-electron chi connectivity index (χ2n) is 4.26. The first kappa shape index (κ1) is 15.0. The molecule has 2 rings (SSSR count). The summed E-state index contributed by atoms with van der Waals surface area (Å²) in [6.07, 6.45) is 0. The molecule has 2 aromatic rings. The summed E-state index contributed by atoms with van der Waals surface area (Å²) >= 11 is 3.55. The first-order valence-corrected chi connectivity index (χ1v) is 9.01. The first-order chi connectivity index (χ1) is 9.74. The third-order valence-electron chi connectivity index (χ3n) is 2.92. The van der Waals surface area contributed by atoms with Crippen LogP contribution in [-0.2, 0) is 9.53 Å². The second-order valence-corrected chi connectivity index (χ2v) is 8.58. The third kappa shape index (κ3) is 3.58. The highest BCUT2D eigenvalue weighted by atomic mass is 79.9. The van der Waals surface area contributed by atoms with E-state index in [-0.39, 0.29) is 10.4 Å². The summed E-state index contributed by atoms with van der Waals surface area (Å²) in [6, 6.07) is 20.3. The van der Waals surface area contributed by atoms with Crippen molar-refractivity contribution in [2.75, 3.05) is 6.61 Å². The Morgan fingerprint density at radius 3 is 1.90 bits per heavy atom. The van der Waals surface area contributed by atoms with Gasteiger partial charge in [0.2, 0.25) is 0 Å². The minimum Gasteiger partial charge on any atom is -0.465 e. The van der Waals surface area contributed by atoms with Crippen molar-refractivity contribution in [2.45, 2.75) is 11.4 Å². The molecular weight excluding hydrogens is 332 g/mol. The molecule has 0 aliphatic carbocycles. The van der Waals surface area contributed by atoms with E-state index in [4.69, 9.17) is 4.74 Å². The second kappa shape index (κ2) is 7.41. The molecule has 0 bridgehead atoms. The molecule has 1 unspecified atom stereocenters. The van der Waals surface area contributed by atoms with E-state index in [1.54, 1.807) is 0 Å². The van der Waals surface area contributed by atoms with E-state index in [2.05, 4.69) is 40.2 Å². The molecule has 0 aliphatic rings. The zero-order chi connectivity index (χ0) is 14.4. The zero-order valence-corrected chi connectivity index (χ0v) is 13.8. The summed E-state index contributed by atoms with van der Waals surface area (Å²) in [6.45, 7) is 2.23. The maximum atomic E-state index is 12.1. The number of halogens is 1. The number of rotatable bonds is 5. The fourth-order valence-electron chi connectivity index (χ4n) is 2.03. The standard InChI is InChI=1S/C16H16BrO2Si/c1-2-19-16(18)15(17)20(13-9-5-3-6-10-13)14-11-7-4-8-12-14/h3-12,15H,2H2,1H3. The van der Waals surface area contributed by atoms with E-state index in [0.29, 0.717) is 6.61 Å². The highest BCUT2D eigenvalue weighted by Gasteiger charge is 2.31. The lowest BCUT2D eigenvalue weighted by Gasteiger charge is -2.20. The van der Waals surface area contributed by atoms with Gasteiger partial charge in [-0.3, -0.25) is 4.79 Å². The van der Waals surface area contributed by atoms with E-state index in [0.717, 1.165) is 0 Å².